The monoisotopic (exact) mass is 358 g/mol. The van der Waals surface area contributed by atoms with Crippen molar-refractivity contribution in [3.8, 4) is 17.2 Å². The number of rotatable bonds is 5. The second-order valence-corrected chi connectivity index (χ2v) is 6.40. The SMILES string of the molecule is COc1ccc(C)cc1CN(C)C(=S)NCc1ccc2c(c1)OCO2. The number of ether oxygens (including phenoxy) is 3. The van der Waals surface area contributed by atoms with Gasteiger partial charge in [-0.05, 0) is 42.9 Å². The number of methoxy groups -OCH3 is 1. The summed E-state index contributed by atoms with van der Waals surface area (Å²) in [4.78, 5) is 2.00. The third-order valence-corrected chi connectivity index (χ3v) is 4.53. The quantitative estimate of drug-likeness (QED) is 0.828. The van der Waals surface area contributed by atoms with E-state index in [-0.39, 0.29) is 6.79 Å². The van der Waals surface area contributed by atoms with E-state index in [1.165, 1.54) is 5.56 Å². The molecule has 1 N–H and O–H groups in total. The Kier molecular flexibility index (Phi) is 5.28. The largest absolute Gasteiger partial charge is 0.496 e. The topological polar surface area (TPSA) is 43.0 Å². The van der Waals surface area contributed by atoms with Crippen LogP contribution in [0.4, 0.5) is 0 Å². The van der Waals surface area contributed by atoms with E-state index in [0.717, 1.165) is 28.4 Å². The lowest BCUT2D eigenvalue weighted by Gasteiger charge is -2.22. The molecule has 0 radical (unpaired) electrons. The summed E-state index contributed by atoms with van der Waals surface area (Å²) >= 11 is 5.50. The Bertz CT molecular complexity index is 779. The minimum atomic E-state index is 0.283. The molecular weight excluding hydrogens is 336 g/mol. The van der Waals surface area contributed by atoms with Crippen LogP contribution in [0.15, 0.2) is 36.4 Å². The first-order valence-corrected chi connectivity index (χ1v) is 8.48. The standard InChI is InChI=1S/C19H22N2O3S/c1-13-4-6-16(22-3)15(8-13)11-21(2)19(25)20-10-14-5-7-17-18(9-14)24-12-23-17/h4-9H,10-12H2,1-3H3,(H,20,25). The molecular formula is C19H22N2O3S. The Morgan fingerprint density at radius 2 is 2.00 bits per heavy atom. The van der Waals surface area contributed by atoms with Crippen molar-refractivity contribution in [3.63, 3.8) is 0 Å². The summed E-state index contributed by atoms with van der Waals surface area (Å²) in [5.74, 6) is 2.44. The number of nitrogens with zero attached hydrogens (tertiary/aromatic N) is 1. The Morgan fingerprint density at radius 1 is 1.20 bits per heavy atom. The number of hydrogen-bond donors (Lipinski definition) is 1. The van der Waals surface area contributed by atoms with Gasteiger partial charge in [-0.3, -0.25) is 0 Å². The van der Waals surface area contributed by atoms with Crippen molar-refractivity contribution < 1.29 is 14.2 Å². The van der Waals surface area contributed by atoms with Gasteiger partial charge in [-0.1, -0.05) is 23.8 Å². The van der Waals surface area contributed by atoms with Crippen LogP contribution in [0, 0.1) is 6.92 Å². The average molecular weight is 358 g/mol. The van der Waals surface area contributed by atoms with Crippen molar-refractivity contribution in [1.82, 2.24) is 10.2 Å². The third kappa shape index (κ3) is 4.14. The number of benzene rings is 2. The highest BCUT2D eigenvalue weighted by Gasteiger charge is 2.14. The van der Waals surface area contributed by atoms with E-state index >= 15 is 0 Å². The smallest absolute Gasteiger partial charge is 0.231 e. The molecule has 6 heteroatoms. The van der Waals surface area contributed by atoms with E-state index in [9.17, 15) is 0 Å². The van der Waals surface area contributed by atoms with Gasteiger partial charge in [-0.2, -0.15) is 0 Å². The first kappa shape index (κ1) is 17.4. The third-order valence-electron chi connectivity index (χ3n) is 4.07. The number of thiocarbonyl (C=S) groups is 1. The summed E-state index contributed by atoms with van der Waals surface area (Å²) in [6.07, 6.45) is 0. The minimum Gasteiger partial charge on any atom is -0.496 e. The van der Waals surface area contributed by atoms with Gasteiger partial charge in [0.05, 0.1) is 7.11 Å². The van der Waals surface area contributed by atoms with E-state index < -0.39 is 0 Å². The molecule has 0 saturated heterocycles. The lowest BCUT2D eigenvalue weighted by Crippen LogP contribution is -2.36. The van der Waals surface area contributed by atoms with Gasteiger partial charge < -0.3 is 24.4 Å². The first-order valence-electron chi connectivity index (χ1n) is 8.08. The fraction of sp³-hybridized carbons (Fsp3) is 0.316. The molecule has 0 fully saturated rings. The van der Waals surface area contributed by atoms with E-state index in [1.807, 2.05) is 42.3 Å². The van der Waals surface area contributed by atoms with E-state index in [0.29, 0.717) is 18.2 Å². The Labute approximate surface area is 153 Å². The predicted molar refractivity (Wildman–Crippen MR) is 101 cm³/mol. The second-order valence-electron chi connectivity index (χ2n) is 6.02. The number of nitrogens with one attached hydrogen (secondary N) is 1. The van der Waals surface area contributed by atoms with Crippen molar-refractivity contribution in [2.45, 2.75) is 20.0 Å². The lowest BCUT2D eigenvalue weighted by atomic mass is 10.1. The van der Waals surface area contributed by atoms with Crippen LogP contribution in [-0.4, -0.2) is 31.0 Å². The zero-order valence-corrected chi connectivity index (χ0v) is 15.5. The first-order chi connectivity index (χ1) is 12.1. The molecule has 5 nitrogen and oxygen atoms in total. The van der Waals surface area contributed by atoms with Crippen LogP contribution in [0.2, 0.25) is 0 Å². The number of aryl methyl sites for hydroxylation is 1. The molecule has 0 aliphatic carbocycles. The molecule has 132 valence electrons. The summed E-state index contributed by atoms with van der Waals surface area (Å²) in [5, 5.41) is 3.96. The molecule has 0 atom stereocenters. The van der Waals surface area contributed by atoms with Gasteiger partial charge in [0.1, 0.15) is 5.75 Å². The summed E-state index contributed by atoms with van der Waals surface area (Å²) in [6, 6.07) is 12.0. The fourth-order valence-corrected chi connectivity index (χ4v) is 2.86. The number of fused-ring (bicyclic) bond motifs is 1. The van der Waals surface area contributed by atoms with Crippen molar-refractivity contribution in [1.29, 1.82) is 0 Å². The van der Waals surface area contributed by atoms with Crippen LogP contribution >= 0.6 is 12.2 Å². The summed E-state index contributed by atoms with van der Waals surface area (Å²) < 4.78 is 16.2. The average Bonchev–Trinajstić information content (AvgIpc) is 3.07. The van der Waals surface area contributed by atoms with Crippen molar-refractivity contribution >= 4 is 17.3 Å². The van der Waals surface area contributed by atoms with Crippen LogP contribution in [-0.2, 0) is 13.1 Å². The Hall–Kier alpha value is -2.47. The maximum absolute atomic E-state index is 5.50. The molecule has 0 bridgehead atoms. The molecule has 1 heterocycles. The highest BCUT2D eigenvalue weighted by molar-refractivity contribution is 7.80. The highest BCUT2D eigenvalue weighted by Crippen LogP contribution is 2.32. The van der Waals surface area contributed by atoms with Gasteiger partial charge in [0.15, 0.2) is 16.6 Å². The van der Waals surface area contributed by atoms with E-state index in [1.54, 1.807) is 7.11 Å². The highest BCUT2D eigenvalue weighted by atomic mass is 32.1. The molecule has 0 saturated carbocycles. The predicted octanol–water partition coefficient (Wildman–Crippen LogP) is 3.24. The number of hydrogen-bond acceptors (Lipinski definition) is 4. The van der Waals surface area contributed by atoms with Crippen LogP contribution in [0.3, 0.4) is 0 Å². The minimum absolute atomic E-state index is 0.283. The molecule has 2 aromatic carbocycles. The van der Waals surface area contributed by atoms with E-state index in [2.05, 4.69) is 18.3 Å². The fourth-order valence-electron chi connectivity index (χ4n) is 2.72. The van der Waals surface area contributed by atoms with Crippen molar-refractivity contribution in [3.05, 3.63) is 53.1 Å². The van der Waals surface area contributed by atoms with Crippen LogP contribution in [0.1, 0.15) is 16.7 Å². The van der Waals surface area contributed by atoms with Gasteiger partial charge in [0.25, 0.3) is 0 Å². The molecule has 25 heavy (non-hydrogen) atoms. The molecule has 2 aromatic rings. The summed E-state index contributed by atoms with van der Waals surface area (Å²) in [5.41, 5.74) is 3.40. The summed E-state index contributed by atoms with van der Waals surface area (Å²) in [7, 11) is 3.65. The van der Waals surface area contributed by atoms with Gasteiger partial charge in [0, 0.05) is 25.7 Å². The second kappa shape index (κ2) is 7.61. The van der Waals surface area contributed by atoms with Crippen LogP contribution in [0.5, 0.6) is 17.2 Å². The van der Waals surface area contributed by atoms with Crippen molar-refractivity contribution in [2.75, 3.05) is 21.0 Å². The molecule has 0 aromatic heterocycles. The maximum Gasteiger partial charge on any atom is 0.231 e. The van der Waals surface area contributed by atoms with Crippen LogP contribution in [0.25, 0.3) is 0 Å². The van der Waals surface area contributed by atoms with Gasteiger partial charge in [-0.15, -0.1) is 0 Å². The molecule has 0 amide bonds. The van der Waals surface area contributed by atoms with Crippen molar-refractivity contribution in [2.24, 2.45) is 0 Å². The van der Waals surface area contributed by atoms with Gasteiger partial charge in [-0.25, -0.2) is 0 Å². The maximum atomic E-state index is 5.50. The Balaban J connectivity index is 1.59. The summed E-state index contributed by atoms with van der Waals surface area (Å²) in [6.45, 7) is 3.66. The van der Waals surface area contributed by atoms with Gasteiger partial charge in [0.2, 0.25) is 6.79 Å². The molecule has 0 spiro atoms. The Morgan fingerprint density at radius 3 is 2.80 bits per heavy atom. The molecule has 3 rings (SSSR count). The molecule has 1 aliphatic heterocycles. The normalized spacial score (nSPS) is 12.0. The van der Waals surface area contributed by atoms with Crippen LogP contribution < -0.4 is 19.5 Å². The van der Waals surface area contributed by atoms with Gasteiger partial charge >= 0.3 is 0 Å². The zero-order chi connectivity index (χ0) is 17.8. The molecule has 1 aliphatic rings. The molecule has 0 unspecified atom stereocenters. The lowest BCUT2D eigenvalue weighted by molar-refractivity contribution is 0.174. The zero-order valence-electron chi connectivity index (χ0n) is 14.7. The van der Waals surface area contributed by atoms with E-state index in [4.69, 9.17) is 26.4 Å².